The van der Waals surface area contributed by atoms with E-state index in [0.29, 0.717) is 29.4 Å². The number of thioether (sulfide) groups is 1. The number of amides is 2. The summed E-state index contributed by atoms with van der Waals surface area (Å²) in [7, 11) is 0. The number of carbonyl (C=O) groups is 2. The third kappa shape index (κ3) is 3.46. The van der Waals surface area contributed by atoms with Crippen LogP contribution in [0.5, 0.6) is 0 Å². The topological polar surface area (TPSA) is 40.6 Å². The van der Waals surface area contributed by atoms with Gasteiger partial charge in [-0.15, -0.1) is 11.8 Å². The van der Waals surface area contributed by atoms with Crippen molar-refractivity contribution in [1.82, 2.24) is 4.90 Å². The van der Waals surface area contributed by atoms with E-state index in [-0.39, 0.29) is 16.7 Å². The predicted octanol–water partition coefficient (Wildman–Crippen LogP) is 4.36. The van der Waals surface area contributed by atoms with Crippen molar-refractivity contribution in [2.24, 2.45) is 0 Å². The lowest BCUT2D eigenvalue weighted by Gasteiger charge is -2.44. The monoisotopic (exact) mass is 400 g/mol. The number of rotatable bonds is 2. The maximum atomic E-state index is 12.8. The van der Waals surface area contributed by atoms with Crippen molar-refractivity contribution in [3.63, 3.8) is 0 Å². The number of hydrogen-bond acceptors (Lipinski definition) is 3. The molecule has 0 saturated carbocycles. The summed E-state index contributed by atoms with van der Waals surface area (Å²) in [4.78, 5) is 29.0. The Balaban J connectivity index is 1.53. The van der Waals surface area contributed by atoms with Crippen LogP contribution in [-0.4, -0.2) is 40.4 Å². The number of carbonyl (C=O) groups excluding carboxylic acids is 2. The van der Waals surface area contributed by atoms with Gasteiger partial charge in [-0.2, -0.15) is 0 Å². The third-order valence-corrected chi connectivity index (χ3v) is 7.04. The molecular formula is C21H21ClN2O2S. The molecule has 6 heteroatoms. The van der Waals surface area contributed by atoms with Gasteiger partial charge in [0.15, 0.2) is 0 Å². The van der Waals surface area contributed by atoms with E-state index < -0.39 is 0 Å². The molecule has 27 heavy (non-hydrogen) atoms. The fourth-order valence-electron chi connectivity index (χ4n) is 3.93. The molecule has 0 aliphatic carbocycles. The van der Waals surface area contributed by atoms with Crippen LogP contribution < -0.4 is 4.90 Å². The molecule has 4 rings (SSSR count). The molecule has 1 spiro atoms. The van der Waals surface area contributed by atoms with Gasteiger partial charge in [-0.3, -0.25) is 14.5 Å². The first-order chi connectivity index (χ1) is 13.0. The van der Waals surface area contributed by atoms with Gasteiger partial charge in [0.25, 0.3) is 5.91 Å². The Morgan fingerprint density at radius 2 is 1.85 bits per heavy atom. The van der Waals surface area contributed by atoms with Gasteiger partial charge in [0, 0.05) is 29.4 Å². The predicted molar refractivity (Wildman–Crippen MR) is 110 cm³/mol. The Bertz CT molecular complexity index is 893. The standard InChI is InChI=1S/C21H21ClN2O2S/c1-15-4-2-7-18(12-15)24-19(25)14-27-21(24)8-10-23(11-9-21)20(26)16-5-3-6-17(22)13-16/h2-7,12-13H,8-11,14H2,1H3. The maximum Gasteiger partial charge on any atom is 0.253 e. The molecule has 2 aromatic carbocycles. The number of anilines is 1. The van der Waals surface area contributed by atoms with E-state index in [4.69, 9.17) is 11.6 Å². The average molecular weight is 401 g/mol. The molecular weight excluding hydrogens is 380 g/mol. The summed E-state index contributed by atoms with van der Waals surface area (Å²) in [5, 5.41) is 0.567. The molecule has 140 valence electrons. The van der Waals surface area contributed by atoms with Crippen molar-refractivity contribution in [2.45, 2.75) is 24.6 Å². The summed E-state index contributed by atoms with van der Waals surface area (Å²) >= 11 is 7.74. The number of likely N-dealkylation sites (tertiary alicyclic amines) is 1. The van der Waals surface area contributed by atoms with Crippen molar-refractivity contribution in [1.29, 1.82) is 0 Å². The van der Waals surface area contributed by atoms with Crippen LogP contribution >= 0.6 is 23.4 Å². The van der Waals surface area contributed by atoms with E-state index in [1.807, 2.05) is 34.9 Å². The van der Waals surface area contributed by atoms with Crippen LogP contribution in [0.3, 0.4) is 0 Å². The molecule has 2 fully saturated rings. The zero-order chi connectivity index (χ0) is 19.0. The number of halogens is 1. The second kappa shape index (κ2) is 7.21. The number of piperidine rings is 1. The Kier molecular flexibility index (Phi) is 4.91. The van der Waals surface area contributed by atoms with Crippen LogP contribution in [0.4, 0.5) is 5.69 Å². The molecule has 0 unspecified atom stereocenters. The summed E-state index contributed by atoms with van der Waals surface area (Å²) in [6.07, 6.45) is 1.54. The molecule has 2 heterocycles. The van der Waals surface area contributed by atoms with Gasteiger partial charge in [0.2, 0.25) is 5.91 Å². The fraction of sp³-hybridized carbons (Fsp3) is 0.333. The van der Waals surface area contributed by atoms with Gasteiger partial charge in [-0.05, 0) is 55.7 Å². The fourth-order valence-corrected chi connectivity index (χ4v) is 5.45. The Morgan fingerprint density at radius 1 is 1.11 bits per heavy atom. The van der Waals surface area contributed by atoms with Crippen molar-refractivity contribution >= 4 is 40.9 Å². The molecule has 0 atom stereocenters. The average Bonchev–Trinajstić information content (AvgIpc) is 2.97. The quantitative estimate of drug-likeness (QED) is 0.751. The smallest absolute Gasteiger partial charge is 0.253 e. The van der Waals surface area contributed by atoms with Gasteiger partial charge in [0.1, 0.15) is 0 Å². The zero-order valence-corrected chi connectivity index (χ0v) is 16.7. The van der Waals surface area contributed by atoms with Crippen LogP contribution in [-0.2, 0) is 4.79 Å². The van der Waals surface area contributed by atoms with Gasteiger partial charge in [-0.1, -0.05) is 29.8 Å². The minimum absolute atomic E-state index is 0.00350. The molecule has 0 radical (unpaired) electrons. The largest absolute Gasteiger partial charge is 0.338 e. The molecule has 4 nitrogen and oxygen atoms in total. The van der Waals surface area contributed by atoms with Crippen molar-refractivity contribution in [3.05, 3.63) is 64.7 Å². The van der Waals surface area contributed by atoms with Crippen LogP contribution in [0.2, 0.25) is 5.02 Å². The van der Waals surface area contributed by atoms with E-state index in [1.165, 1.54) is 0 Å². The van der Waals surface area contributed by atoms with Gasteiger partial charge in [-0.25, -0.2) is 0 Å². The minimum Gasteiger partial charge on any atom is -0.338 e. The van der Waals surface area contributed by atoms with Crippen LogP contribution in [0.15, 0.2) is 48.5 Å². The van der Waals surface area contributed by atoms with Gasteiger partial charge >= 0.3 is 0 Å². The van der Waals surface area contributed by atoms with E-state index in [2.05, 4.69) is 6.07 Å². The molecule has 2 aliphatic heterocycles. The molecule has 2 aliphatic rings. The van der Waals surface area contributed by atoms with E-state index in [9.17, 15) is 9.59 Å². The zero-order valence-electron chi connectivity index (χ0n) is 15.2. The van der Waals surface area contributed by atoms with Gasteiger partial charge in [0.05, 0.1) is 10.6 Å². The SMILES string of the molecule is Cc1cccc(N2C(=O)CSC23CCN(C(=O)c2cccc(Cl)c2)CC3)c1. The summed E-state index contributed by atoms with van der Waals surface area (Å²) in [6.45, 7) is 3.30. The van der Waals surface area contributed by atoms with Crippen molar-refractivity contribution < 1.29 is 9.59 Å². The van der Waals surface area contributed by atoms with E-state index in [0.717, 1.165) is 24.1 Å². The Morgan fingerprint density at radius 3 is 2.56 bits per heavy atom. The summed E-state index contributed by atoms with van der Waals surface area (Å²) in [5.41, 5.74) is 2.71. The molecule has 0 aromatic heterocycles. The highest BCUT2D eigenvalue weighted by molar-refractivity contribution is 8.02. The summed E-state index contributed by atoms with van der Waals surface area (Å²) < 4.78 is 0. The number of nitrogens with zero attached hydrogens (tertiary/aromatic N) is 2. The number of aryl methyl sites for hydroxylation is 1. The van der Waals surface area contributed by atoms with Crippen LogP contribution in [0.1, 0.15) is 28.8 Å². The van der Waals surface area contributed by atoms with E-state index in [1.54, 1.807) is 36.0 Å². The Labute approximate surface area is 168 Å². The van der Waals surface area contributed by atoms with Crippen LogP contribution in [0.25, 0.3) is 0 Å². The lowest BCUT2D eigenvalue weighted by Crippen LogP contribution is -2.53. The summed E-state index contributed by atoms with van der Waals surface area (Å²) in [6, 6.07) is 15.2. The normalized spacial score (nSPS) is 19.0. The minimum atomic E-state index is -0.254. The first-order valence-electron chi connectivity index (χ1n) is 9.07. The molecule has 0 bridgehead atoms. The number of hydrogen-bond donors (Lipinski definition) is 0. The summed E-state index contributed by atoms with van der Waals surface area (Å²) in [5.74, 6) is 0.653. The first kappa shape index (κ1) is 18.4. The molecule has 2 amide bonds. The third-order valence-electron chi connectivity index (χ3n) is 5.28. The Hall–Kier alpha value is -1.98. The second-order valence-corrected chi connectivity index (χ2v) is 8.88. The highest BCUT2D eigenvalue weighted by Gasteiger charge is 2.49. The van der Waals surface area contributed by atoms with Gasteiger partial charge < -0.3 is 4.90 Å². The lowest BCUT2D eigenvalue weighted by molar-refractivity contribution is -0.116. The molecule has 0 N–H and O–H groups in total. The second-order valence-electron chi connectivity index (χ2n) is 7.11. The van der Waals surface area contributed by atoms with E-state index >= 15 is 0 Å². The first-order valence-corrected chi connectivity index (χ1v) is 10.4. The van der Waals surface area contributed by atoms with Crippen LogP contribution in [0, 0.1) is 6.92 Å². The lowest BCUT2D eigenvalue weighted by atomic mass is 10.00. The highest BCUT2D eigenvalue weighted by atomic mass is 35.5. The van der Waals surface area contributed by atoms with Crippen molar-refractivity contribution in [3.8, 4) is 0 Å². The van der Waals surface area contributed by atoms with Crippen molar-refractivity contribution in [2.75, 3.05) is 23.7 Å². The molecule has 2 aromatic rings. The molecule has 2 saturated heterocycles. The maximum absolute atomic E-state index is 12.8. The number of benzene rings is 2. The highest BCUT2D eigenvalue weighted by Crippen LogP contribution is 2.47.